The van der Waals surface area contributed by atoms with Crippen molar-refractivity contribution in [1.82, 2.24) is 14.7 Å². The summed E-state index contributed by atoms with van der Waals surface area (Å²) in [7, 11) is 0. The first-order chi connectivity index (χ1) is 7.25. The predicted octanol–water partition coefficient (Wildman–Crippen LogP) is 2.05. The Morgan fingerprint density at radius 2 is 2.40 bits per heavy atom. The molecule has 1 aliphatic heterocycles. The van der Waals surface area contributed by atoms with E-state index in [1.165, 1.54) is 17.0 Å². The van der Waals surface area contributed by atoms with Gasteiger partial charge in [-0.1, -0.05) is 0 Å². The molecule has 0 aromatic carbocycles. The van der Waals surface area contributed by atoms with E-state index in [0.717, 1.165) is 29.6 Å². The van der Waals surface area contributed by atoms with Crippen LogP contribution in [0.3, 0.4) is 0 Å². The van der Waals surface area contributed by atoms with Crippen LogP contribution in [0.4, 0.5) is 0 Å². The topological polar surface area (TPSA) is 29.3 Å². The highest BCUT2D eigenvalue weighted by molar-refractivity contribution is 9.10. The van der Waals surface area contributed by atoms with Crippen LogP contribution in [0.25, 0.3) is 5.65 Å². The van der Waals surface area contributed by atoms with Gasteiger partial charge in [0.05, 0.1) is 15.9 Å². The minimum absolute atomic E-state index is 0.923. The van der Waals surface area contributed by atoms with E-state index in [-0.39, 0.29) is 0 Å². The number of aromatic nitrogens is 2. The van der Waals surface area contributed by atoms with Gasteiger partial charge in [-0.15, -0.1) is 0 Å². The highest BCUT2D eigenvalue weighted by Crippen LogP contribution is 2.23. The molecule has 78 valence electrons. The molecular formula is C11H12BrN3. The Labute approximate surface area is 96.6 Å². The molecule has 2 aromatic rings. The molecule has 0 spiro atoms. The van der Waals surface area contributed by atoms with Crippen LogP contribution in [0.2, 0.25) is 0 Å². The lowest BCUT2D eigenvalue weighted by Gasteiger charge is -2.12. The molecule has 2 aromatic heterocycles. The number of fused-ring (bicyclic) bond motifs is 3. The largest absolute Gasteiger partial charge is 0.311 e. The first-order valence-corrected chi connectivity index (χ1v) is 5.91. The van der Waals surface area contributed by atoms with E-state index in [1.54, 1.807) is 0 Å². The molecule has 0 amide bonds. The molecule has 0 atom stereocenters. The molecule has 0 fully saturated rings. The van der Waals surface area contributed by atoms with Crippen LogP contribution in [0, 0.1) is 6.92 Å². The Morgan fingerprint density at radius 1 is 1.53 bits per heavy atom. The lowest BCUT2D eigenvalue weighted by atomic mass is 10.2. The van der Waals surface area contributed by atoms with E-state index in [4.69, 9.17) is 0 Å². The number of halogens is 1. The molecule has 4 heteroatoms. The summed E-state index contributed by atoms with van der Waals surface area (Å²) >= 11 is 3.57. The maximum absolute atomic E-state index is 4.67. The van der Waals surface area contributed by atoms with Gasteiger partial charge < -0.3 is 9.72 Å². The SMILES string of the molecule is Cc1cc(Br)c2nc3c(n2c1)CNCC3. The van der Waals surface area contributed by atoms with Crippen molar-refractivity contribution < 1.29 is 0 Å². The molecule has 1 N–H and O–H groups in total. The van der Waals surface area contributed by atoms with Crippen molar-refractivity contribution in [2.45, 2.75) is 19.9 Å². The van der Waals surface area contributed by atoms with Crippen LogP contribution < -0.4 is 5.32 Å². The van der Waals surface area contributed by atoms with Crippen LogP contribution in [0.5, 0.6) is 0 Å². The van der Waals surface area contributed by atoms with Crippen LogP contribution in [0.15, 0.2) is 16.7 Å². The van der Waals surface area contributed by atoms with E-state index in [1.807, 2.05) is 0 Å². The smallest absolute Gasteiger partial charge is 0.151 e. The van der Waals surface area contributed by atoms with E-state index >= 15 is 0 Å². The van der Waals surface area contributed by atoms with Crippen molar-refractivity contribution in [3.63, 3.8) is 0 Å². The summed E-state index contributed by atoms with van der Waals surface area (Å²) < 4.78 is 3.28. The van der Waals surface area contributed by atoms with Crippen LogP contribution in [-0.2, 0) is 13.0 Å². The van der Waals surface area contributed by atoms with Crippen molar-refractivity contribution in [2.24, 2.45) is 0 Å². The average Bonchev–Trinajstić information content (AvgIpc) is 2.57. The fraction of sp³-hybridized carbons (Fsp3) is 0.364. The summed E-state index contributed by atoms with van der Waals surface area (Å²) in [5.74, 6) is 0. The number of hydrogen-bond donors (Lipinski definition) is 1. The molecular weight excluding hydrogens is 254 g/mol. The summed E-state index contributed by atoms with van der Waals surface area (Å²) in [4.78, 5) is 4.67. The molecule has 3 heterocycles. The highest BCUT2D eigenvalue weighted by atomic mass is 79.9. The first-order valence-electron chi connectivity index (χ1n) is 5.12. The Kier molecular flexibility index (Phi) is 2.07. The molecule has 3 rings (SSSR count). The van der Waals surface area contributed by atoms with E-state index in [2.05, 4.69) is 49.8 Å². The molecule has 3 nitrogen and oxygen atoms in total. The highest BCUT2D eigenvalue weighted by Gasteiger charge is 2.16. The van der Waals surface area contributed by atoms with Gasteiger partial charge in [0.25, 0.3) is 0 Å². The second-order valence-electron chi connectivity index (χ2n) is 3.99. The molecule has 0 radical (unpaired) electrons. The van der Waals surface area contributed by atoms with Crippen LogP contribution >= 0.6 is 15.9 Å². The summed E-state index contributed by atoms with van der Waals surface area (Å²) in [6.45, 7) is 4.06. The number of imidazole rings is 1. The van der Waals surface area contributed by atoms with Crippen LogP contribution in [0.1, 0.15) is 17.0 Å². The molecule has 0 aliphatic carbocycles. The van der Waals surface area contributed by atoms with E-state index in [0.29, 0.717) is 0 Å². The zero-order chi connectivity index (χ0) is 10.4. The molecule has 1 aliphatic rings. The zero-order valence-corrected chi connectivity index (χ0v) is 10.1. The molecule has 15 heavy (non-hydrogen) atoms. The number of nitrogens with one attached hydrogen (secondary N) is 1. The van der Waals surface area contributed by atoms with Gasteiger partial charge in [-0.05, 0) is 34.5 Å². The second-order valence-corrected chi connectivity index (χ2v) is 4.85. The maximum atomic E-state index is 4.67. The third kappa shape index (κ3) is 1.40. The summed E-state index contributed by atoms with van der Waals surface area (Å²) in [5.41, 5.74) is 4.83. The Morgan fingerprint density at radius 3 is 3.27 bits per heavy atom. The van der Waals surface area contributed by atoms with Gasteiger partial charge in [-0.2, -0.15) is 0 Å². The van der Waals surface area contributed by atoms with Gasteiger partial charge in [0, 0.05) is 25.7 Å². The number of pyridine rings is 1. The van der Waals surface area contributed by atoms with Gasteiger partial charge in [0.1, 0.15) is 0 Å². The van der Waals surface area contributed by atoms with Gasteiger partial charge >= 0.3 is 0 Å². The maximum Gasteiger partial charge on any atom is 0.151 e. The Balaban J connectivity index is 2.37. The minimum atomic E-state index is 0.923. The van der Waals surface area contributed by atoms with Crippen molar-refractivity contribution in [3.05, 3.63) is 33.7 Å². The normalized spacial score (nSPS) is 15.6. The number of hydrogen-bond acceptors (Lipinski definition) is 2. The van der Waals surface area contributed by atoms with Crippen molar-refractivity contribution in [3.8, 4) is 0 Å². The monoisotopic (exact) mass is 265 g/mol. The molecule has 0 saturated heterocycles. The summed E-state index contributed by atoms with van der Waals surface area (Å²) in [5, 5.41) is 3.38. The van der Waals surface area contributed by atoms with Gasteiger partial charge in [-0.25, -0.2) is 4.98 Å². The van der Waals surface area contributed by atoms with Gasteiger partial charge in [0.15, 0.2) is 5.65 Å². The fourth-order valence-corrected chi connectivity index (χ4v) is 2.77. The Bertz CT molecular complexity index is 530. The first kappa shape index (κ1) is 9.36. The van der Waals surface area contributed by atoms with E-state index in [9.17, 15) is 0 Å². The zero-order valence-electron chi connectivity index (χ0n) is 8.55. The lowest BCUT2D eigenvalue weighted by molar-refractivity contribution is 0.621. The molecule has 0 unspecified atom stereocenters. The third-order valence-electron chi connectivity index (χ3n) is 2.82. The average molecular weight is 266 g/mol. The van der Waals surface area contributed by atoms with E-state index < -0.39 is 0 Å². The van der Waals surface area contributed by atoms with Gasteiger partial charge in [0.2, 0.25) is 0 Å². The fourth-order valence-electron chi connectivity index (χ4n) is 2.13. The second kappa shape index (κ2) is 3.32. The molecule has 0 saturated carbocycles. The number of aryl methyl sites for hydroxylation is 1. The quantitative estimate of drug-likeness (QED) is 0.790. The van der Waals surface area contributed by atoms with Crippen LogP contribution in [-0.4, -0.2) is 15.9 Å². The summed E-state index contributed by atoms with van der Waals surface area (Å²) in [6, 6.07) is 2.11. The third-order valence-corrected chi connectivity index (χ3v) is 3.41. The van der Waals surface area contributed by atoms with Crippen molar-refractivity contribution in [2.75, 3.05) is 6.54 Å². The van der Waals surface area contributed by atoms with Gasteiger partial charge in [-0.3, -0.25) is 0 Å². The lowest BCUT2D eigenvalue weighted by Crippen LogP contribution is -2.24. The minimum Gasteiger partial charge on any atom is -0.311 e. The van der Waals surface area contributed by atoms with Crippen molar-refractivity contribution in [1.29, 1.82) is 0 Å². The number of rotatable bonds is 0. The standard InChI is InChI=1S/C11H12BrN3/c1-7-4-8(12)11-14-9-2-3-13-5-10(9)15(11)6-7/h4,6,13H,2-3,5H2,1H3. The predicted molar refractivity (Wildman–Crippen MR) is 63.0 cm³/mol. The summed E-state index contributed by atoms with van der Waals surface area (Å²) in [6.07, 6.45) is 3.18. The molecule has 0 bridgehead atoms. The Hall–Kier alpha value is -0.870. The van der Waals surface area contributed by atoms with Crippen molar-refractivity contribution >= 4 is 21.6 Å². The number of nitrogens with zero attached hydrogens (tertiary/aromatic N) is 2.